The molecule has 3 atom stereocenters. The minimum absolute atomic E-state index is 0.0301. The fraction of sp³-hybridized carbons (Fsp3) is 0.467. The highest BCUT2D eigenvalue weighted by Crippen LogP contribution is 2.44. The van der Waals surface area contributed by atoms with Crippen molar-refractivity contribution in [3.05, 3.63) is 28.8 Å². The van der Waals surface area contributed by atoms with Crippen molar-refractivity contribution >= 4 is 29.3 Å². The molecule has 2 bridgehead atoms. The molecule has 2 amide bonds. The molecule has 6 heteroatoms. The van der Waals surface area contributed by atoms with Crippen molar-refractivity contribution in [1.82, 2.24) is 5.32 Å². The number of fused-ring (bicyclic) bond motifs is 2. The Morgan fingerprint density at radius 1 is 1.24 bits per heavy atom. The number of amides is 2. The van der Waals surface area contributed by atoms with Gasteiger partial charge in [-0.05, 0) is 49.3 Å². The van der Waals surface area contributed by atoms with Crippen molar-refractivity contribution in [1.29, 1.82) is 0 Å². The first kappa shape index (κ1) is 14.2. The average Bonchev–Trinajstić information content (AvgIpc) is 3.00. The van der Waals surface area contributed by atoms with Crippen molar-refractivity contribution in [2.24, 2.45) is 11.8 Å². The molecule has 1 aromatic carbocycles. The van der Waals surface area contributed by atoms with E-state index in [1.165, 1.54) is 37.5 Å². The van der Waals surface area contributed by atoms with Crippen LogP contribution in [0.25, 0.3) is 0 Å². The molecular formula is C15H17ClN2O3. The third-order valence-electron chi connectivity index (χ3n) is 4.51. The van der Waals surface area contributed by atoms with Gasteiger partial charge in [0.15, 0.2) is 0 Å². The normalized spacial score (nSPS) is 26.6. The zero-order chi connectivity index (χ0) is 15.0. The summed E-state index contributed by atoms with van der Waals surface area (Å²) in [6.45, 7) is 0. The third kappa shape index (κ3) is 2.97. The number of benzene rings is 1. The van der Waals surface area contributed by atoms with E-state index in [9.17, 15) is 9.59 Å². The van der Waals surface area contributed by atoms with Gasteiger partial charge < -0.3 is 15.7 Å². The minimum atomic E-state index is -1.10. The van der Waals surface area contributed by atoms with Crippen LogP contribution in [0.15, 0.2) is 18.2 Å². The first-order chi connectivity index (χ1) is 10.0. The van der Waals surface area contributed by atoms with E-state index in [-0.39, 0.29) is 23.3 Å². The van der Waals surface area contributed by atoms with Gasteiger partial charge in [-0.15, -0.1) is 0 Å². The molecule has 0 spiro atoms. The Labute approximate surface area is 127 Å². The summed E-state index contributed by atoms with van der Waals surface area (Å²) < 4.78 is 0. The number of hydrogen-bond acceptors (Lipinski definition) is 2. The molecule has 3 rings (SSSR count). The largest absolute Gasteiger partial charge is 0.478 e. The van der Waals surface area contributed by atoms with Crippen LogP contribution in [0, 0.1) is 11.8 Å². The van der Waals surface area contributed by atoms with Crippen molar-refractivity contribution in [3.63, 3.8) is 0 Å². The Hall–Kier alpha value is -1.75. The first-order valence-corrected chi connectivity index (χ1v) is 7.51. The maximum Gasteiger partial charge on any atom is 0.337 e. The van der Waals surface area contributed by atoms with Crippen LogP contribution in [-0.4, -0.2) is 23.1 Å². The Kier molecular flexibility index (Phi) is 3.76. The number of carbonyl (C=O) groups is 2. The molecule has 3 N–H and O–H groups in total. The zero-order valence-corrected chi connectivity index (χ0v) is 12.2. The highest BCUT2D eigenvalue weighted by atomic mass is 35.5. The van der Waals surface area contributed by atoms with E-state index in [0.717, 1.165) is 12.3 Å². The molecule has 2 aliphatic carbocycles. The van der Waals surface area contributed by atoms with Crippen LogP contribution in [0.5, 0.6) is 0 Å². The van der Waals surface area contributed by atoms with Crippen molar-refractivity contribution < 1.29 is 14.7 Å². The van der Waals surface area contributed by atoms with E-state index in [0.29, 0.717) is 10.9 Å². The number of carboxylic acids is 1. The van der Waals surface area contributed by atoms with Gasteiger partial charge in [-0.1, -0.05) is 18.0 Å². The highest BCUT2D eigenvalue weighted by molar-refractivity contribution is 6.31. The molecule has 0 saturated heterocycles. The molecule has 0 aromatic heterocycles. The van der Waals surface area contributed by atoms with Gasteiger partial charge in [-0.3, -0.25) is 0 Å². The van der Waals surface area contributed by atoms with Crippen molar-refractivity contribution in [3.8, 4) is 0 Å². The molecule has 2 fully saturated rings. The van der Waals surface area contributed by atoms with E-state index < -0.39 is 5.97 Å². The maximum atomic E-state index is 12.1. The van der Waals surface area contributed by atoms with Crippen molar-refractivity contribution in [2.75, 3.05) is 5.32 Å². The van der Waals surface area contributed by atoms with Gasteiger partial charge in [0, 0.05) is 11.1 Å². The molecular weight excluding hydrogens is 292 g/mol. The number of halogens is 1. The lowest BCUT2D eigenvalue weighted by Gasteiger charge is -2.23. The summed E-state index contributed by atoms with van der Waals surface area (Å²) in [7, 11) is 0. The lowest BCUT2D eigenvalue weighted by atomic mass is 9.95. The molecule has 2 aliphatic rings. The number of urea groups is 1. The van der Waals surface area contributed by atoms with Gasteiger partial charge in [0.05, 0.1) is 11.3 Å². The van der Waals surface area contributed by atoms with Gasteiger partial charge in [0.25, 0.3) is 0 Å². The monoisotopic (exact) mass is 308 g/mol. The van der Waals surface area contributed by atoms with Crippen LogP contribution < -0.4 is 10.6 Å². The Balaban J connectivity index is 1.67. The quantitative estimate of drug-likeness (QED) is 0.801. The van der Waals surface area contributed by atoms with Gasteiger partial charge in [-0.25, -0.2) is 9.59 Å². The summed E-state index contributed by atoms with van der Waals surface area (Å²) in [5.41, 5.74) is 0.248. The predicted molar refractivity (Wildman–Crippen MR) is 79.8 cm³/mol. The fourth-order valence-corrected chi connectivity index (χ4v) is 3.73. The number of aromatic carboxylic acids is 1. The maximum absolute atomic E-state index is 12.1. The second-order valence-corrected chi connectivity index (χ2v) is 6.31. The third-order valence-corrected chi connectivity index (χ3v) is 4.75. The van der Waals surface area contributed by atoms with E-state index >= 15 is 0 Å². The molecule has 112 valence electrons. The minimum Gasteiger partial charge on any atom is -0.478 e. The summed E-state index contributed by atoms with van der Waals surface area (Å²) in [6.07, 6.45) is 4.66. The summed E-state index contributed by atoms with van der Waals surface area (Å²) in [5.74, 6) is 0.210. The standard InChI is InChI=1S/C15H17ClN2O3/c16-10-3-4-11(14(19)20)13(7-10)18-15(21)17-12-6-8-1-2-9(12)5-8/h3-4,7-9,12H,1-2,5-6H2,(H,19,20)(H2,17,18,21). The second kappa shape index (κ2) is 5.56. The van der Waals surface area contributed by atoms with Gasteiger partial charge in [0.1, 0.15) is 0 Å². The van der Waals surface area contributed by atoms with Gasteiger partial charge in [0.2, 0.25) is 0 Å². The molecule has 0 aliphatic heterocycles. The SMILES string of the molecule is O=C(Nc1cc(Cl)ccc1C(=O)O)NC1CC2CCC1C2. The summed E-state index contributed by atoms with van der Waals surface area (Å²) in [6, 6.07) is 4.17. The molecule has 0 radical (unpaired) electrons. The zero-order valence-electron chi connectivity index (χ0n) is 11.4. The van der Waals surface area contributed by atoms with Crippen LogP contribution in [0.2, 0.25) is 5.02 Å². The topological polar surface area (TPSA) is 78.4 Å². The number of hydrogen-bond donors (Lipinski definition) is 3. The number of rotatable bonds is 3. The molecule has 1 aromatic rings. The summed E-state index contributed by atoms with van der Waals surface area (Å²) >= 11 is 5.86. The fourth-order valence-electron chi connectivity index (χ4n) is 3.55. The molecule has 0 heterocycles. The number of anilines is 1. The van der Waals surface area contributed by atoms with Gasteiger partial charge in [-0.2, -0.15) is 0 Å². The van der Waals surface area contributed by atoms with Crippen LogP contribution in [0.3, 0.4) is 0 Å². The molecule has 21 heavy (non-hydrogen) atoms. The lowest BCUT2D eigenvalue weighted by Crippen LogP contribution is -2.41. The second-order valence-electron chi connectivity index (χ2n) is 5.87. The number of nitrogens with one attached hydrogen (secondary N) is 2. The summed E-state index contributed by atoms with van der Waals surface area (Å²) in [4.78, 5) is 23.2. The number of carboxylic acid groups (broad SMARTS) is 1. The summed E-state index contributed by atoms with van der Waals surface area (Å²) in [5, 5.41) is 15.1. The number of carbonyl (C=O) groups excluding carboxylic acids is 1. The van der Waals surface area contributed by atoms with Crippen LogP contribution in [0.4, 0.5) is 10.5 Å². The van der Waals surface area contributed by atoms with Crippen LogP contribution in [-0.2, 0) is 0 Å². The molecule has 3 unspecified atom stereocenters. The Morgan fingerprint density at radius 2 is 2.05 bits per heavy atom. The Morgan fingerprint density at radius 3 is 2.67 bits per heavy atom. The van der Waals surface area contributed by atoms with E-state index in [2.05, 4.69) is 10.6 Å². The van der Waals surface area contributed by atoms with Crippen molar-refractivity contribution in [2.45, 2.75) is 31.7 Å². The van der Waals surface area contributed by atoms with E-state index in [4.69, 9.17) is 16.7 Å². The van der Waals surface area contributed by atoms with Crippen LogP contribution in [0.1, 0.15) is 36.0 Å². The lowest BCUT2D eigenvalue weighted by molar-refractivity contribution is 0.0698. The average molecular weight is 309 g/mol. The van der Waals surface area contributed by atoms with E-state index in [1.807, 2.05) is 0 Å². The molecule has 2 saturated carbocycles. The van der Waals surface area contributed by atoms with Gasteiger partial charge >= 0.3 is 12.0 Å². The molecule has 5 nitrogen and oxygen atoms in total. The Bertz CT molecular complexity index is 590. The first-order valence-electron chi connectivity index (χ1n) is 7.13. The van der Waals surface area contributed by atoms with E-state index in [1.54, 1.807) is 0 Å². The smallest absolute Gasteiger partial charge is 0.337 e. The van der Waals surface area contributed by atoms with Crippen LogP contribution >= 0.6 is 11.6 Å². The predicted octanol–water partition coefficient (Wildman–Crippen LogP) is 3.35. The highest BCUT2D eigenvalue weighted by Gasteiger charge is 2.40.